The van der Waals surface area contributed by atoms with Gasteiger partial charge >= 0.3 is 6.03 Å². The highest BCUT2D eigenvalue weighted by atomic mass is 35.5. The number of rotatable bonds is 7. The maximum absolute atomic E-state index is 12.5. The number of methoxy groups -OCH3 is 1. The smallest absolute Gasteiger partial charge is 0.318 e. The minimum absolute atomic E-state index is 0.0972. The quantitative estimate of drug-likeness (QED) is 0.518. The van der Waals surface area contributed by atoms with Crippen LogP contribution in [0.1, 0.15) is 13.8 Å². The van der Waals surface area contributed by atoms with E-state index in [1.807, 2.05) is 54.8 Å². The number of hydrogen-bond acceptors (Lipinski definition) is 6. The van der Waals surface area contributed by atoms with Gasteiger partial charge in [-0.3, -0.25) is 14.7 Å². The average molecular weight is 460 g/mol. The van der Waals surface area contributed by atoms with Crippen LogP contribution in [0.25, 0.3) is 17.1 Å². The van der Waals surface area contributed by atoms with Crippen molar-refractivity contribution in [2.45, 2.75) is 24.3 Å². The summed E-state index contributed by atoms with van der Waals surface area (Å²) < 4.78 is 7.17. The van der Waals surface area contributed by atoms with Crippen molar-refractivity contribution in [1.29, 1.82) is 0 Å². The molecule has 0 radical (unpaired) electrons. The molecule has 8 nitrogen and oxygen atoms in total. The second kappa shape index (κ2) is 9.84. The number of nitrogens with zero attached hydrogens (tertiary/aromatic N) is 3. The third kappa shape index (κ3) is 5.36. The lowest BCUT2D eigenvalue weighted by Gasteiger charge is -2.19. The standard InChI is InChI=1S/C21H22ClN5O3S/c1-12(2)17(19(28)24-20(23)29)31-21-26-25-18(13-5-4-6-16(11-13)30-3)27(21)15-9-7-14(22)8-10-15/h4-12,17H,1-3H3,(H3,23,24,28,29). The summed E-state index contributed by atoms with van der Waals surface area (Å²) in [7, 11) is 1.59. The topological polar surface area (TPSA) is 112 Å². The molecule has 0 fully saturated rings. The van der Waals surface area contributed by atoms with Crippen molar-refractivity contribution >= 4 is 35.3 Å². The van der Waals surface area contributed by atoms with E-state index < -0.39 is 17.2 Å². The zero-order valence-electron chi connectivity index (χ0n) is 17.2. The molecule has 0 spiro atoms. The van der Waals surface area contributed by atoms with E-state index in [2.05, 4.69) is 15.5 Å². The molecule has 1 heterocycles. The Kier molecular flexibility index (Phi) is 7.19. The third-order valence-electron chi connectivity index (χ3n) is 4.39. The molecule has 3 rings (SSSR count). The van der Waals surface area contributed by atoms with Gasteiger partial charge in [-0.2, -0.15) is 0 Å². The van der Waals surface area contributed by atoms with E-state index in [9.17, 15) is 9.59 Å². The number of benzene rings is 2. The summed E-state index contributed by atoms with van der Waals surface area (Å²) in [6.07, 6.45) is 0. The van der Waals surface area contributed by atoms with Gasteiger partial charge in [-0.15, -0.1) is 10.2 Å². The molecule has 3 aromatic rings. The molecule has 1 aromatic heterocycles. The highest BCUT2D eigenvalue weighted by Gasteiger charge is 2.28. The molecule has 1 atom stereocenters. The molecule has 0 bridgehead atoms. The van der Waals surface area contributed by atoms with Gasteiger partial charge in [0, 0.05) is 16.3 Å². The number of primary amides is 1. The summed E-state index contributed by atoms with van der Waals surface area (Å²) in [5, 5.41) is 11.3. The van der Waals surface area contributed by atoms with E-state index in [1.165, 1.54) is 11.8 Å². The van der Waals surface area contributed by atoms with Gasteiger partial charge in [0.2, 0.25) is 5.91 Å². The van der Waals surface area contributed by atoms with Gasteiger partial charge in [-0.25, -0.2) is 4.79 Å². The number of thioether (sulfide) groups is 1. The van der Waals surface area contributed by atoms with Gasteiger partial charge in [0.25, 0.3) is 0 Å². The Morgan fingerprint density at radius 2 is 1.87 bits per heavy atom. The first kappa shape index (κ1) is 22.6. The summed E-state index contributed by atoms with van der Waals surface area (Å²) in [5.41, 5.74) is 6.69. The van der Waals surface area contributed by atoms with Crippen LogP contribution in [-0.4, -0.2) is 39.1 Å². The van der Waals surface area contributed by atoms with Gasteiger partial charge in [-0.05, 0) is 42.3 Å². The lowest BCUT2D eigenvalue weighted by molar-refractivity contribution is -0.120. The highest BCUT2D eigenvalue weighted by molar-refractivity contribution is 8.00. The van der Waals surface area contributed by atoms with Gasteiger partial charge in [0.1, 0.15) is 5.75 Å². The number of hydrogen-bond donors (Lipinski definition) is 2. The van der Waals surface area contributed by atoms with Gasteiger partial charge < -0.3 is 10.5 Å². The normalized spacial score (nSPS) is 11.9. The Labute approximate surface area is 189 Å². The van der Waals surface area contributed by atoms with Crippen molar-refractivity contribution in [1.82, 2.24) is 20.1 Å². The van der Waals surface area contributed by atoms with Crippen molar-refractivity contribution in [3.05, 3.63) is 53.6 Å². The van der Waals surface area contributed by atoms with E-state index in [0.29, 0.717) is 21.8 Å². The molecule has 3 N–H and O–H groups in total. The minimum Gasteiger partial charge on any atom is -0.497 e. The van der Waals surface area contributed by atoms with Crippen molar-refractivity contribution in [2.75, 3.05) is 7.11 Å². The predicted octanol–water partition coefficient (Wildman–Crippen LogP) is 3.91. The first-order valence-electron chi connectivity index (χ1n) is 9.43. The van der Waals surface area contributed by atoms with Crippen molar-refractivity contribution in [3.63, 3.8) is 0 Å². The van der Waals surface area contributed by atoms with E-state index in [-0.39, 0.29) is 5.92 Å². The highest BCUT2D eigenvalue weighted by Crippen LogP contribution is 2.33. The molecule has 0 aliphatic heterocycles. The third-order valence-corrected chi connectivity index (χ3v) is 6.13. The summed E-state index contributed by atoms with van der Waals surface area (Å²) in [4.78, 5) is 23.7. The second-order valence-electron chi connectivity index (χ2n) is 6.99. The van der Waals surface area contributed by atoms with Crippen molar-refractivity contribution < 1.29 is 14.3 Å². The van der Waals surface area contributed by atoms with E-state index in [4.69, 9.17) is 22.1 Å². The van der Waals surface area contributed by atoms with E-state index >= 15 is 0 Å². The van der Waals surface area contributed by atoms with Gasteiger partial charge in [-0.1, -0.05) is 49.3 Å². The number of carbonyl (C=O) groups excluding carboxylic acids is 2. The maximum atomic E-state index is 12.5. The van der Waals surface area contributed by atoms with Crippen LogP contribution in [0.2, 0.25) is 5.02 Å². The van der Waals surface area contributed by atoms with Crippen molar-refractivity contribution in [3.8, 4) is 22.8 Å². The van der Waals surface area contributed by atoms with E-state index in [1.54, 1.807) is 19.2 Å². The van der Waals surface area contributed by atoms with Crippen LogP contribution in [-0.2, 0) is 4.79 Å². The molecule has 0 saturated heterocycles. The monoisotopic (exact) mass is 459 g/mol. The molecule has 162 valence electrons. The molecule has 3 amide bonds. The SMILES string of the molecule is COc1cccc(-c2nnc(SC(C(=O)NC(N)=O)C(C)C)n2-c2ccc(Cl)cc2)c1. The lowest BCUT2D eigenvalue weighted by Crippen LogP contribution is -2.42. The van der Waals surface area contributed by atoms with Gasteiger partial charge in [0.15, 0.2) is 11.0 Å². The van der Waals surface area contributed by atoms with Crippen LogP contribution in [0.3, 0.4) is 0 Å². The Hall–Kier alpha value is -3.04. The Morgan fingerprint density at radius 3 is 2.48 bits per heavy atom. The molecule has 10 heteroatoms. The molecule has 31 heavy (non-hydrogen) atoms. The van der Waals surface area contributed by atoms with Crippen molar-refractivity contribution in [2.24, 2.45) is 11.7 Å². The maximum Gasteiger partial charge on any atom is 0.318 e. The number of nitrogens with two attached hydrogens (primary N) is 1. The number of imide groups is 1. The number of halogens is 1. The number of carbonyl (C=O) groups is 2. The lowest BCUT2D eigenvalue weighted by atomic mass is 10.1. The minimum atomic E-state index is -0.896. The van der Waals surface area contributed by atoms with E-state index in [0.717, 1.165) is 11.3 Å². The zero-order chi connectivity index (χ0) is 22.5. The Morgan fingerprint density at radius 1 is 1.16 bits per heavy atom. The predicted molar refractivity (Wildman–Crippen MR) is 121 cm³/mol. The molecular weight excluding hydrogens is 438 g/mol. The molecule has 0 saturated carbocycles. The first-order valence-corrected chi connectivity index (χ1v) is 10.7. The van der Waals surface area contributed by atoms with Crippen LogP contribution in [0.5, 0.6) is 5.75 Å². The van der Waals surface area contributed by atoms with Crippen LogP contribution in [0.15, 0.2) is 53.7 Å². The molecule has 0 aliphatic carbocycles. The van der Waals surface area contributed by atoms with Gasteiger partial charge in [0.05, 0.1) is 12.4 Å². The molecule has 1 unspecified atom stereocenters. The Bertz CT molecular complexity index is 1080. The zero-order valence-corrected chi connectivity index (χ0v) is 18.8. The summed E-state index contributed by atoms with van der Waals surface area (Å²) in [6, 6.07) is 13.8. The number of nitrogens with one attached hydrogen (secondary N) is 1. The molecule has 2 aromatic carbocycles. The van der Waals surface area contributed by atoms with Crippen LogP contribution < -0.4 is 15.8 Å². The number of aromatic nitrogens is 3. The average Bonchev–Trinajstić information content (AvgIpc) is 3.15. The number of urea groups is 1. The summed E-state index contributed by atoms with van der Waals surface area (Å²) >= 11 is 7.27. The molecular formula is C21H22ClN5O3S. The van der Waals surface area contributed by atoms with Crippen LogP contribution in [0, 0.1) is 5.92 Å². The first-order chi connectivity index (χ1) is 14.8. The fraction of sp³-hybridized carbons (Fsp3) is 0.238. The summed E-state index contributed by atoms with van der Waals surface area (Å²) in [6.45, 7) is 3.76. The molecule has 0 aliphatic rings. The number of amides is 3. The Balaban J connectivity index is 2.09. The summed E-state index contributed by atoms with van der Waals surface area (Å²) in [5.74, 6) is 0.667. The van der Waals surface area contributed by atoms with Crippen LogP contribution >= 0.6 is 23.4 Å². The number of ether oxygens (including phenoxy) is 1. The second-order valence-corrected chi connectivity index (χ2v) is 8.53. The fourth-order valence-corrected chi connectivity index (χ4v) is 4.09. The largest absolute Gasteiger partial charge is 0.497 e. The fourth-order valence-electron chi connectivity index (χ4n) is 2.92. The van der Waals surface area contributed by atoms with Crippen LogP contribution in [0.4, 0.5) is 4.79 Å².